The van der Waals surface area contributed by atoms with Gasteiger partial charge in [-0.3, -0.25) is 15.4 Å². The number of nitrogens with zero attached hydrogens (tertiary/aromatic N) is 1. The first kappa shape index (κ1) is 17.4. The van der Waals surface area contributed by atoms with E-state index in [9.17, 15) is 18.0 Å². The van der Waals surface area contributed by atoms with Crippen molar-refractivity contribution < 1.29 is 23.1 Å². The third-order valence-corrected chi connectivity index (χ3v) is 3.99. The highest BCUT2D eigenvalue weighted by Gasteiger charge is 2.30. The highest BCUT2D eigenvalue weighted by Crippen LogP contribution is 2.32. The van der Waals surface area contributed by atoms with Gasteiger partial charge in [-0.25, -0.2) is 4.79 Å². The first-order valence-electron chi connectivity index (χ1n) is 7.38. The van der Waals surface area contributed by atoms with Gasteiger partial charge in [0.15, 0.2) is 0 Å². The minimum atomic E-state index is -4.45. The second-order valence-electron chi connectivity index (χ2n) is 5.55. The number of aromatic nitrogens is 1. The van der Waals surface area contributed by atoms with E-state index < -0.39 is 17.7 Å². The summed E-state index contributed by atoms with van der Waals surface area (Å²) in [6.45, 7) is 0. The van der Waals surface area contributed by atoms with Crippen LogP contribution in [-0.2, 0) is 6.18 Å². The summed E-state index contributed by atoms with van der Waals surface area (Å²) in [5, 5.41) is 25.2. The van der Waals surface area contributed by atoms with E-state index in [0.717, 1.165) is 18.5 Å². The summed E-state index contributed by atoms with van der Waals surface area (Å²) >= 11 is 0. The first-order chi connectivity index (χ1) is 12.2. The van der Waals surface area contributed by atoms with Gasteiger partial charge in [0, 0.05) is 5.39 Å². The van der Waals surface area contributed by atoms with Crippen LogP contribution in [0.4, 0.5) is 13.2 Å². The molecule has 3 N–H and O–H groups in total. The predicted molar refractivity (Wildman–Crippen MR) is 89.4 cm³/mol. The number of pyridine rings is 1. The van der Waals surface area contributed by atoms with Crippen molar-refractivity contribution in [1.82, 2.24) is 4.57 Å². The minimum absolute atomic E-state index is 0.0166. The first-order valence-corrected chi connectivity index (χ1v) is 7.38. The topological polar surface area (TPSA) is 89.9 Å². The number of rotatable bonds is 3. The van der Waals surface area contributed by atoms with E-state index in [1.54, 1.807) is 0 Å². The normalized spacial score (nSPS) is 11.5. The Morgan fingerprint density at radius 3 is 2.27 bits per heavy atom. The molecule has 0 aliphatic heterocycles. The number of carbonyl (C=O) groups is 1. The van der Waals surface area contributed by atoms with Crippen molar-refractivity contribution in [3.63, 3.8) is 0 Å². The molecular weight excluding hydrogens is 347 g/mol. The molecule has 0 aliphatic rings. The number of hydrogen-bond donors (Lipinski definition) is 3. The van der Waals surface area contributed by atoms with Gasteiger partial charge in [-0.1, -0.05) is 18.2 Å². The lowest BCUT2D eigenvalue weighted by molar-refractivity contribution is -0.137. The average Bonchev–Trinajstić information content (AvgIpc) is 2.60. The van der Waals surface area contributed by atoms with E-state index in [-0.39, 0.29) is 11.1 Å². The number of halogens is 3. The molecule has 2 aromatic carbocycles. The molecule has 0 saturated carbocycles. The van der Waals surface area contributed by atoms with Crippen molar-refractivity contribution in [3.8, 4) is 11.1 Å². The van der Waals surface area contributed by atoms with E-state index in [0.29, 0.717) is 22.0 Å². The SMILES string of the molecule is N=Cn1c(=N)cc(-c2ccc(C(F)(F)F)cc2)c2ccc(C(=O)O)cc21. The molecule has 132 valence electrons. The number of aromatic carboxylic acids is 1. The maximum absolute atomic E-state index is 12.7. The zero-order valence-corrected chi connectivity index (χ0v) is 13.1. The number of fused-ring (bicyclic) bond motifs is 1. The molecule has 0 radical (unpaired) electrons. The van der Waals surface area contributed by atoms with Crippen LogP contribution < -0.4 is 5.49 Å². The molecule has 8 heteroatoms. The fraction of sp³-hybridized carbons (Fsp3) is 0.0556. The largest absolute Gasteiger partial charge is 0.478 e. The summed E-state index contributed by atoms with van der Waals surface area (Å²) in [5.74, 6) is -1.16. The lowest BCUT2D eigenvalue weighted by atomic mass is 9.98. The van der Waals surface area contributed by atoms with E-state index in [1.807, 2.05) is 0 Å². The molecule has 0 aliphatic carbocycles. The molecule has 0 bridgehead atoms. The Morgan fingerprint density at radius 2 is 1.73 bits per heavy atom. The van der Waals surface area contributed by atoms with Gasteiger partial charge in [-0.15, -0.1) is 0 Å². The van der Waals surface area contributed by atoms with Crippen molar-refractivity contribution in [2.45, 2.75) is 6.18 Å². The van der Waals surface area contributed by atoms with Gasteiger partial charge in [-0.2, -0.15) is 13.2 Å². The lowest BCUT2D eigenvalue weighted by Crippen LogP contribution is -2.20. The van der Waals surface area contributed by atoms with Crippen molar-refractivity contribution in [3.05, 3.63) is 65.1 Å². The summed E-state index contributed by atoms with van der Waals surface area (Å²) < 4.78 is 39.4. The molecule has 3 aromatic rings. The number of carboxylic acid groups (broad SMARTS) is 1. The van der Waals surface area contributed by atoms with Crippen LogP contribution in [0.5, 0.6) is 0 Å². The number of carboxylic acids is 1. The van der Waals surface area contributed by atoms with Gasteiger partial charge >= 0.3 is 12.1 Å². The van der Waals surface area contributed by atoms with Crippen LogP contribution in [0.15, 0.2) is 48.5 Å². The van der Waals surface area contributed by atoms with Crippen molar-refractivity contribution >= 4 is 23.2 Å². The molecule has 1 aromatic heterocycles. The van der Waals surface area contributed by atoms with Gasteiger partial charge in [0.2, 0.25) is 0 Å². The van der Waals surface area contributed by atoms with Gasteiger partial charge < -0.3 is 5.11 Å². The summed E-state index contributed by atoms with van der Waals surface area (Å²) in [7, 11) is 0. The van der Waals surface area contributed by atoms with Crippen LogP contribution in [0.25, 0.3) is 22.0 Å². The maximum atomic E-state index is 12.7. The van der Waals surface area contributed by atoms with Crippen LogP contribution in [0.2, 0.25) is 0 Å². The molecular formula is C18H12F3N3O2. The minimum Gasteiger partial charge on any atom is -0.478 e. The van der Waals surface area contributed by atoms with E-state index in [4.69, 9.17) is 15.9 Å². The third-order valence-electron chi connectivity index (χ3n) is 3.99. The summed E-state index contributed by atoms with van der Waals surface area (Å²) in [4.78, 5) is 11.2. The molecule has 0 atom stereocenters. The number of benzene rings is 2. The molecule has 1 heterocycles. The van der Waals surface area contributed by atoms with Crippen LogP contribution in [0, 0.1) is 10.8 Å². The molecule has 3 rings (SSSR count). The lowest BCUT2D eigenvalue weighted by Gasteiger charge is -2.13. The predicted octanol–water partition coefficient (Wildman–Crippen LogP) is 3.96. The molecule has 0 amide bonds. The summed E-state index contributed by atoms with van der Waals surface area (Å²) in [6.07, 6.45) is -3.57. The second-order valence-corrected chi connectivity index (χ2v) is 5.55. The fourth-order valence-corrected chi connectivity index (χ4v) is 2.72. The number of hydrogen-bond acceptors (Lipinski definition) is 3. The number of nitrogens with one attached hydrogen (secondary N) is 2. The Morgan fingerprint density at radius 1 is 1.08 bits per heavy atom. The maximum Gasteiger partial charge on any atom is 0.416 e. The molecule has 0 fully saturated rings. The van der Waals surface area contributed by atoms with E-state index in [2.05, 4.69) is 0 Å². The van der Waals surface area contributed by atoms with Crippen LogP contribution in [0.1, 0.15) is 15.9 Å². The van der Waals surface area contributed by atoms with E-state index in [1.165, 1.54) is 41.0 Å². The highest BCUT2D eigenvalue weighted by atomic mass is 19.4. The molecule has 5 nitrogen and oxygen atoms in total. The zero-order valence-electron chi connectivity index (χ0n) is 13.1. The molecule has 0 saturated heterocycles. The van der Waals surface area contributed by atoms with Crippen molar-refractivity contribution in [2.75, 3.05) is 0 Å². The van der Waals surface area contributed by atoms with Crippen LogP contribution in [0.3, 0.4) is 0 Å². The van der Waals surface area contributed by atoms with Crippen molar-refractivity contribution in [2.24, 2.45) is 0 Å². The van der Waals surface area contributed by atoms with Gasteiger partial charge in [0.1, 0.15) is 5.49 Å². The summed E-state index contributed by atoms with van der Waals surface area (Å²) in [6, 6.07) is 10.2. The average molecular weight is 359 g/mol. The van der Waals surface area contributed by atoms with Gasteiger partial charge in [0.05, 0.1) is 23.0 Å². The standard InChI is InChI=1S/C18H12F3N3O2/c19-18(20,21)12-4-1-10(2-5-12)14-8-16(23)24(9-22)15-7-11(17(25)26)3-6-13(14)15/h1-9,22-23H,(H,25,26). The monoisotopic (exact) mass is 359 g/mol. The quantitative estimate of drug-likeness (QED) is 0.488. The highest BCUT2D eigenvalue weighted by molar-refractivity contribution is 6.00. The van der Waals surface area contributed by atoms with Crippen LogP contribution in [-0.4, -0.2) is 22.0 Å². The fourth-order valence-electron chi connectivity index (χ4n) is 2.72. The zero-order chi connectivity index (χ0) is 19.1. The Kier molecular flexibility index (Phi) is 4.11. The van der Waals surface area contributed by atoms with E-state index >= 15 is 0 Å². The summed E-state index contributed by atoms with van der Waals surface area (Å²) in [5.41, 5.74) is 0.352. The third kappa shape index (κ3) is 2.97. The molecule has 0 unspecified atom stereocenters. The Hall–Kier alpha value is -3.42. The van der Waals surface area contributed by atoms with Gasteiger partial charge in [0.25, 0.3) is 0 Å². The Labute approximate surface area is 145 Å². The van der Waals surface area contributed by atoms with Crippen molar-refractivity contribution in [1.29, 1.82) is 10.8 Å². The van der Waals surface area contributed by atoms with Crippen LogP contribution >= 0.6 is 0 Å². The Balaban J connectivity index is 2.28. The Bertz CT molecular complexity index is 1080. The molecule has 26 heavy (non-hydrogen) atoms. The second kappa shape index (κ2) is 6.14. The molecule has 0 spiro atoms. The smallest absolute Gasteiger partial charge is 0.416 e. The van der Waals surface area contributed by atoms with Gasteiger partial charge in [-0.05, 0) is 41.5 Å². The number of alkyl halides is 3.